The Kier molecular flexibility index (Phi) is 8.83. The van der Waals surface area contributed by atoms with Crippen LogP contribution in [0, 0.1) is 22.7 Å². The summed E-state index contributed by atoms with van der Waals surface area (Å²) in [6.07, 6.45) is 6.22. The van der Waals surface area contributed by atoms with Crippen molar-refractivity contribution in [1.29, 1.82) is 10.5 Å². The fourth-order valence-corrected chi connectivity index (χ4v) is 3.52. The van der Waals surface area contributed by atoms with Gasteiger partial charge in [0.2, 0.25) is 0 Å². The fraction of sp³-hybridized carbons (Fsp3) is 0.136. The van der Waals surface area contributed by atoms with E-state index in [1.54, 1.807) is 31.2 Å². The summed E-state index contributed by atoms with van der Waals surface area (Å²) in [5.74, 6) is 1.44. The normalized spacial score (nSPS) is 11.3. The van der Waals surface area contributed by atoms with Gasteiger partial charge < -0.3 is 9.47 Å². The minimum absolute atomic E-state index is 0.0133. The first kappa shape index (κ1) is 23.7. The number of rotatable bonds is 9. The Labute approximate surface area is 190 Å². The standard InChI is InChI=1S/C22H18ClN5O2S/c1-5-6-15(26-3)13-31-22-18(10-25)20(17(9-24)21(23)28-22)19-8-7-16(11-27-19)30-12-14(2)29-4/h5-8,11-12H,1,3,13H2,2,4H3/b14-12-,15-6-. The summed E-state index contributed by atoms with van der Waals surface area (Å²) in [6, 6.07) is 7.45. The van der Waals surface area contributed by atoms with Gasteiger partial charge in [-0.25, -0.2) is 4.98 Å². The van der Waals surface area contributed by atoms with Gasteiger partial charge in [0.25, 0.3) is 0 Å². The molecule has 0 N–H and O–H groups in total. The number of nitrogens with zero attached hydrogens (tertiary/aromatic N) is 5. The molecular weight excluding hydrogens is 434 g/mol. The quantitative estimate of drug-likeness (QED) is 0.168. The molecule has 0 aromatic carbocycles. The van der Waals surface area contributed by atoms with Crippen molar-refractivity contribution in [3.05, 3.63) is 71.1 Å². The lowest BCUT2D eigenvalue weighted by Crippen LogP contribution is -2.00. The number of methoxy groups -OCH3 is 1. The van der Waals surface area contributed by atoms with Crippen molar-refractivity contribution in [2.24, 2.45) is 4.99 Å². The molecule has 156 valence electrons. The Morgan fingerprint density at radius 1 is 1.32 bits per heavy atom. The van der Waals surface area contributed by atoms with Gasteiger partial charge in [-0.1, -0.05) is 36.0 Å². The number of pyridine rings is 2. The topological polar surface area (TPSA) is 104 Å². The summed E-state index contributed by atoms with van der Waals surface area (Å²) < 4.78 is 10.5. The highest BCUT2D eigenvalue weighted by Gasteiger charge is 2.22. The fourth-order valence-electron chi connectivity index (χ4n) is 2.32. The van der Waals surface area contributed by atoms with E-state index in [4.69, 9.17) is 21.1 Å². The number of ether oxygens (including phenoxy) is 2. The number of aliphatic imine (C=N–C) groups is 1. The van der Waals surface area contributed by atoms with Crippen LogP contribution in [0.4, 0.5) is 0 Å². The smallest absolute Gasteiger partial charge is 0.148 e. The van der Waals surface area contributed by atoms with Crippen LogP contribution in [0.15, 0.2) is 64.8 Å². The Hall–Kier alpha value is -3.59. The molecule has 0 fully saturated rings. The molecule has 0 aliphatic rings. The van der Waals surface area contributed by atoms with Crippen molar-refractivity contribution in [2.45, 2.75) is 11.9 Å². The molecule has 0 saturated heterocycles. The highest BCUT2D eigenvalue weighted by Crippen LogP contribution is 2.36. The first-order valence-corrected chi connectivity index (χ1v) is 10.1. The van der Waals surface area contributed by atoms with Crippen molar-refractivity contribution < 1.29 is 9.47 Å². The van der Waals surface area contributed by atoms with E-state index in [2.05, 4.69) is 34.3 Å². The lowest BCUT2D eigenvalue weighted by Gasteiger charge is -2.12. The first-order valence-electron chi connectivity index (χ1n) is 8.77. The molecule has 0 aliphatic heterocycles. The molecule has 0 atom stereocenters. The van der Waals surface area contributed by atoms with Gasteiger partial charge in [0.1, 0.15) is 45.7 Å². The summed E-state index contributed by atoms with van der Waals surface area (Å²) in [4.78, 5) is 12.5. The number of aromatic nitrogens is 2. The van der Waals surface area contributed by atoms with Crippen LogP contribution in [-0.2, 0) is 4.74 Å². The summed E-state index contributed by atoms with van der Waals surface area (Å²) in [5, 5.41) is 19.8. The summed E-state index contributed by atoms with van der Waals surface area (Å²) in [5.41, 5.74) is 1.63. The Morgan fingerprint density at radius 3 is 2.61 bits per heavy atom. The SMILES string of the molecule is C=C/C=C(/CSc1nc(Cl)c(C#N)c(-c2ccc(O/C=C(/C)OC)cn2)c1C#N)N=C. The number of halogens is 1. The third kappa shape index (κ3) is 5.95. The number of hydrogen-bond acceptors (Lipinski definition) is 8. The van der Waals surface area contributed by atoms with E-state index in [9.17, 15) is 10.5 Å². The van der Waals surface area contributed by atoms with Crippen molar-refractivity contribution in [1.82, 2.24) is 9.97 Å². The van der Waals surface area contributed by atoms with E-state index in [0.29, 0.717) is 39.2 Å². The van der Waals surface area contributed by atoms with Gasteiger partial charge in [-0.2, -0.15) is 10.5 Å². The zero-order chi connectivity index (χ0) is 22.8. The zero-order valence-corrected chi connectivity index (χ0v) is 18.5. The Balaban J connectivity index is 2.51. The molecule has 0 aliphatic carbocycles. The lowest BCUT2D eigenvalue weighted by atomic mass is 10.0. The molecular formula is C22H18ClN5O2S. The Morgan fingerprint density at radius 2 is 2.06 bits per heavy atom. The van der Waals surface area contributed by atoms with Gasteiger partial charge in [0.05, 0.1) is 24.6 Å². The van der Waals surface area contributed by atoms with Crippen molar-refractivity contribution in [2.75, 3.05) is 12.9 Å². The lowest BCUT2D eigenvalue weighted by molar-refractivity contribution is 0.276. The molecule has 0 spiro atoms. The van der Waals surface area contributed by atoms with Crippen LogP contribution >= 0.6 is 23.4 Å². The second kappa shape index (κ2) is 11.6. The summed E-state index contributed by atoms with van der Waals surface area (Å²) in [6.45, 7) is 8.90. The van der Waals surface area contributed by atoms with E-state index in [1.807, 2.05) is 6.07 Å². The van der Waals surface area contributed by atoms with Crippen molar-refractivity contribution in [3.63, 3.8) is 0 Å². The molecule has 7 nitrogen and oxygen atoms in total. The van der Waals surface area contributed by atoms with Crippen LogP contribution in [0.3, 0.4) is 0 Å². The predicted octanol–water partition coefficient (Wildman–Crippen LogP) is 5.29. The summed E-state index contributed by atoms with van der Waals surface area (Å²) >= 11 is 7.51. The third-order valence-corrected chi connectivity index (χ3v) is 5.17. The summed E-state index contributed by atoms with van der Waals surface area (Å²) in [7, 11) is 1.54. The number of allylic oxidation sites excluding steroid dienone is 3. The van der Waals surface area contributed by atoms with Crippen LogP contribution < -0.4 is 4.74 Å². The van der Waals surface area contributed by atoms with Crippen molar-refractivity contribution in [3.8, 4) is 29.1 Å². The van der Waals surface area contributed by atoms with Gasteiger partial charge in [0, 0.05) is 17.0 Å². The number of nitriles is 2. The van der Waals surface area contributed by atoms with Gasteiger partial charge >= 0.3 is 0 Å². The monoisotopic (exact) mass is 451 g/mol. The molecule has 2 aromatic rings. The molecule has 0 saturated carbocycles. The minimum Gasteiger partial charge on any atom is -0.498 e. The molecule has 31 heavy (non-hydrogen) atoms. The van der Waals surface area contributed by atoms with Crippen LogP contribution in [-0.4, -0.2) is 29.5 Å². The molecule has 0 bridgehead atoms. The zero-order valence-electron chi connectivity index (χ0n) is 16.9. The van der Waals surface area contributed by atoms with Crippen LogP contribution in [0.2, 0.25) is 5.15 Å². The van der Waals surface area contributed by atoms with Crippen molar-refractivity contribution >= 4 is 30.1 Å². The molecule has 0 unspecified atom stereocenters. The highest BCUT2D eigenvalue weighted by molar-refractivity contribution is 7.99. The number of hydrogen-bond donors (Lipinski definition) is 0. The average molecular weight is 452 g/mol. The second-order valence-electron chi connectivity index (χ2n) is 5.83. The van der Waals surface area contributed by atoms with Gasteiger partial charge in [-0.05, 0) is 31.9 Å². The maximum Gasteiger partial charge on any atom is 0.148 e. The maximum absolute atomic E-state index is 9.83. The van der Waals surface area contributed by atoms with Gasteiger partial charge in [-0.15, -0.1) is 0 Å². The molecule has 2 rings (SSSR count). The maximum atomic E-state index is 9.83. The van der Waals surface area contributed by atoms with Gasteiger partial charge in [-0.3, -0.25) is 9.98 Å². The third-order valence-electron chi connectivity index (χ3n) is 3.89. The molecule has 0 amide bonds. The van der Waals surface area contributed by atoms with E-state index < -0.39 is 0 Å². The predicted molar refractivity (Wildman–Crippen MR) is 122 cm³/mol. The highest BCUT2D eigenvalue weighted by atomic mass is 35.5. The van der Waals surface area contributed by atoms with E-state index in [-0.39, 0.29) is 16.3 Å². The average Bonchev–Trinajstić information content (AvgIpc) is 2.79. The van der Waals surface area contributed by atoms with Gasteiger partial charge in [0.15, 0.2) is 0 Å². The van der Waals surface area contributed by atoms with E-state index >= 15 is 0 Å². The van der Waals surface area contributed by atoms with Crippen LogP contribution in [0.5, 0.6) is 5.75 Å². The first-order chi connectivity index (χ1) is 15.0. The largest absolute Gasteiger partial charge is 0.498 e. The minimum atomic E-state index is -0.0133. The molecule has 2 heterocycles. The second-order valence-corrected chi connectivity index (χ2v) is 7.15. The molecule has 0 radical (unpaired) electrons. The van der Waals surface area contributed by atoms with E-state index in [0.717, 1.165) is 0 Å². The van der Waals surface area contributed by atoms with E-state index in [1.165, 1.54) is 31.3 Å². The van der Waals surface area contributed by atoms with Crippen LogP contribution in [0.1, 0.15) is 18.1 Å². The molecule has 9 heteroatoms. The Bertz CT molecular complexity index is 1130. The molecule has 2 aromatic heterocycles. The number of thioether (sulfide) groups is 1. The van der Waals surface area contributed by atoms with Crippen LogP contribution in [0.25, 0.3) is 11.3 Å².